The Hall–Kier alpha value is -3.29. The molecule has 1 aliphatic heterocycles. The predicted molar refractivity (Wildman–Crippen MR) is 137 cm³/mol. The van der Waals surface area contributed by atoms with Crippen molar-refractivity contribution in [1.29, 1.82) is 0 Å². The van der Waals surface area contributed by atoms with Crippen LogP contribution in [0.25, 0.3) is 5.69 Å². The second kappa shape index (κ2) is 9.16. The molecule has 0 radical (unpaired) electrons. The van der Waals surface area contributed by atoms with Crippen molar-refractivity contribution in [2.45, 2.75) is 32.5 Å². The second-order valence-electron chi connectivity index (χ2n) is 8.31. The molecule has 4 heterocycles. The van der Waals surface area contributed by atoms with Gasteiger partial charge in [-0.15, -0.1) is 0 Å². The number of aromatic nitrogens is 2. The van der Waals surface area contributed by atoms with E-state index < -0.39 is 0 Å². The standard InChI is InChI=1S/C26H25ClN4O2S/c1-16-13-20(17(2)31(16)22-14-18(27)9-10-23(22)32-3)25-24(21-8-4-5-11-28-21)29-26(34)30(25)15-19-7-6-12-33-19/h4-14,24-25H,15H2,1-3H3,(H,29,34)/t24-,25-/m0/s1. The fraction of sp³-hybridized carbons (Fsp3) is 0.231. The summed E-state index contributed by atoms with van der Waals surface area (Å²) in [5.74, 6) is 1.60. The van der Waals surface area contributed by atoms with Crippen LogP contribution in [0.4, 0.5) is 0 Å². The number of nitrogens with one attached hydrogen (secondary N) is 1. The maximum atomic E-state index is 6.36. The minimum atomic E-state index is -0.112. The number of furan rings is 1. The zero-order valence-electron chi connectivity index (χ0n) is 19.2. The van der Waals surface area contributed by atoms with Gasteiger partial charge in [0.1, 0.15) is 11.5 Å². The van der Waals surface area contributed by atoms with E-state index in [1.165, 1.54) is 0 Å². The first-order chi connectivity index (χ1) is 16.5. The van der Waals surface area contributed by atoms with Crippen molar-refractivity contribution >= 4 is 28.9 Å². The molecule has 3 aromatic heterocycles. The molecule has 0 unspecified atom stereocenters. The van der Waals surface area contributed by atoms with Gasteiger partial charge in [0.2, 0.25) is 0 Å². The lowest BCUT2D eigenvalue weighted by Crippen LogP contribution is -2.29. The van der Waals surface area contributed by atoms with E-state index in [9.17, 15) is 0 Å². The van der Waals surface area contributed by atoms with E-state index in [-0.39, 0.29) is 12.1 Å². The summed E-state index contributed by atoms with van der Waals surface area (Å²) < 4.78 is 13.5. The van der Waals surface area contributed by atoms with Gasteiger partial charge >= 0.3 is 0 Å². The van der Waals surface area contributed by atoms with E-state index in [0.29, 0.717) is 16.7 Å². The molecule has 174 valence electrons. The van der Waals surface area contributed by atoms with Crippen LogP contribution in [0.5, 0.6) is 5.75 Å². The van der Waals surface area contributed by atoms with Crippen molar-refractivity contribution in [1.82, 2.24) is 19.8 Å². The smallest absolute Gasteiger partial charge is 0.170 e. The number of rotatable bonds is 6. The summed E-state index contributed by atoms with van der Waals surface area (Å²) in [6.45, 7) is 4.76. The third kappa shape index (κ3) is 3.95. The van der Waals surface area contributed by atoms with Crippen LogP contribution < -0.4 is 10.1 Å². The first kappa shape index (κ1) is 22.5. The largest absolute Gasteiger partial charge is 0.495 e. The number of methoxy groups -OCH3 is 1. The van der Waals surface area contributed by atoms with E-state index >= 15 is 0 Å². The Morgan fingerprint density at radius 2 is 2.00 bits per heavy atom. The summed E-state index contributed by atoms with van der Waals surface area (Å²) in [7, 11) is 1.67. The lowest BCUT2D eigenvalue weighted by Gasteiger charge is -2.27. The Labute approximate surface area is 209 Å². The molecule has 0 aliphatic carbocycles. The van der Waals surface area contributed by atoms with E-state index in [2.05, 4.69) is 39.7 Å². The predicted octanol–water partition coefficient (Wildman–Crippen LogP) is 5.92. The van der Waals surface area contributed by atoms with Gasteiger partial charge in [0.05, 0.1) is 43.4 Å². The lowest BCUT2D eigenvalue weighted by atomic mass is 9.96. The van der Waals surface area contributed by atoms with Gasteiger partial charge in [-0.25, -0.2) is 0 Å². The molecule has 1 N–H and O–H groups in total. The van der Waals surface area contributed by atoms with Crippen LogP contribution in [0.2, 0.25) is 5.02 Å². The molecule has 2 atom stereocenters. The minimum absolute atomic E-state index is 0.0855. The topological polar surface area (TPSA) is 55.5 Å². The van der Waals surface area contributed by atoms with Gasteiger partial charge in [0.25, 0.3) is 0 Å². The summed E-state index contributed by atoms with van der Waals surface area (Å²) in [6.07, 6.45) is 3.50. The van der Waals surface area contributed by atoms with Crippen LogP contribution in [-0.2, 0) is 6.54 Å². The number of ether oxygens (including phenoxy) is 1. The van der Waals surface area contributed by atoms with Gasteiger partial charge in [0.15, 0.2) is 5.11 Å². The minimum Gasteiger partial charge on any atom is -0.495 e. The van der Waals surface area contributed by atoms with Crippen LogP contribution in [0.3, 0.4) is 0 Å². The first-order valence-corrected chi connectivity index (χ1v) is 11.8. The maximum Gasteiger partial charge on any atom is 0.170 e. The Morgan fingerprint density at radius 3 is 2.71 bits per heavy atom. The van der Waals surface area contributed by atoms with Crippen LogP contribution in [0.1, 0.15) is 40.5 Å². The highest BCUT2D eigenvalue weighted by atomic mass is 35.5. The molecule has 0 saturated carbocycles. The van der Waals surface area contributed by atoms with Gasteiger partial charge in [-0.05, 0) is 80.2 Å². The molecule has 1 aliphatic rings. The number of thiocarbonyl (C=S) groups is 1. The van der Waals surface area contributed by atoms with Crippen LogP contribution in [0.15, 0.2) is 71.5 Å². The first-order valence-electron chi connectivity index (χ1n) is 11.0. The zero-order chi connectivity index (χ0) is 23.8. The van der Waals surface area contributed by atoms with Crippen molar-refractivity contribution in [2.75, 3.05) is 7.11 Å². The number of aryl methyl sites for hydroxylation is 1. The molecule has 0 spiro atoms. The summed E-state index contributed by atoms with van der Waals surface area (Å²) in [5, 5.41) is 4.83. The van der Waals surface area contributed by atoms with E-state index in [0.717, 1.165) is 39.8 Å². The van der Waals surface area contributed by atoms with Crippen LogP contribution >= 0.6 is 23.8 Å². The number of halogens is 1. The van der Waals surface area contributed by atoms with Gasteiger partial charge in [0, 0.05) is 22.6 Å². The average molecular weight is 493 g/mol. The van der Waals surface area contributed by atoms with Crippen LogP contribution in [-0.4, -0.2) is 26.7 Å². The summed E-state index contributed by atoms with van der Waals surface area (Å²) in [6, 6.07) is 17.5. The molecule has 1 aromatic carbocycles. The maximum absolute atomic E-state index is 6.36. The molecular formula is C26H25ClN4O2S. The van der Waals surface area contributed by atoms with Gasteiger partial charge in [-0.2, -0.15) is 0 Å². The molecular weight excluding hydrogens is 468 g/mol. The summed E-state index contributed by atoms with van der Waals surface area (Å²) in [5.41, 5.74) is 5.14. The molecule has 8 heteroatoms. The molecule has 1 saturated heterocycles. The molecule has 6 nitrogen and oxygen atoms in total. The highest BCUT2D eigenvalue weighted by Gasteiger charge is 2.41. The highest BCUT2D eigenvalue weighted by molar-refractivity contribution is 7.80. The Bertz CT molecular complexity index is 1320. The molecule has 34 heavy (non-hydrogen) atoms. The van der Waals surface area contributed by atoms with Crippen molar-refractivity contribution in [3.63, 3.8) is 0 Å². The summed E-state index contributed by atoms with van der Waals surface area (Å²) in [4.78, 5) is 6.82. The molecule has 1 fully saturated rings. The van der Waals surface area contributed by atoms with Crippen LogP contribution in [0, 0.1) is 13.8 Å². The normalized spacial score (nSPS) is 17.8. The highest BCUT2D eigenvalue weighted by Crippen LogP contribution is 2.43. The molecule has 4 aromatic rings. The lowest BCUT2D eigenvalue weighted by molar-refractivity contribution is 0.286. The van der Waals surface area contributed by atoms with Crippen molar-refractivity contribution in [2.24, 2.45) is 0 Å². The summed E-state index contributed by atoms with van der Waals surface area (Å²) >= 11 is 12.2. The third-order valence-electron chi connectivity index (χ3n) is 6.27. The number of hydrogen-bond acceptors (Lipinski definition) is 4. The van der Waals surface area contributed by atoms with Crippen molar-refractivity contribution in [3.8, 4) is 11.4 Å². The fourth-order valence-electron chi connectivity index (χ4n) is 4.78. The van der Waals surface area contributed by atoms with Gasteiger partial charge in [-0.1, -0.05) is 17.7 Å². The number of hydrogen-bond donors (Lipinski definition) is 1. The Morgan fingerprint density at radius 1 is 1.15 bits per heavy atom. The molecule has 0 bridgehead atoms. The molecule has 0 amide bonds. The third-order valence-corrected chi connectivity index (χ3v) is 6.86. The van der Waals surface area contributed by atoms with Gasteiger partial charge in [-0.3, -0.25) is 4.98 Å². The Balaban J connectivity index is 1.65. The zero-order valence-corrected chi connectivity index (χ0v) is 20.7. The fourth-order valence-corrected chi connectivity index (χ4v) is 5.25. The number of benzene rings is 1. The van der Waals surface area contributed by atoms with E-state index in [1.54, 1.807) is 13.4 Å². The van der Waals surface area contributed by atoms with Gasteiger partial charge < -0.3 is 23.9 Å². The van der Waals surface area contributed by atoms with E-state index in [1.807, 2.05) is 54.7 Å². The quantitative estimate of drug-likeness (QED) is 0.337. The SMILES string of the molecule is COc1ccc(Cl)cc1-n1c(C)cc([C@H]2[C@H](c3ccccn3)NC(=S)N2Cc2ccco2)c1C. The van der Waals surface area contributed by atoms with Crippen molar-refractivity contribution < 1.29 is 9.15 Å². The monoisotopic (exact) mass is 492 g/mol. The second-order valence-corrected chi connectivity index (χ2v) is 9.14. The molecule has 5 rings (SSSR count). The Kier molecular flexibility index (Phi) is 6.06. The van der Waals surface area contributed by atoms with E-state index in [4.69, 9.17) is 33.0 Å². The van der Waals surface area contributed by atoms with Crippen molar-refractivity contribution in [3.05, 3.63) is 100 Å². The number of pyridine rings is 1. The number of nitrogens with zero attached hydrogens (tertiary/aromatic N) is 3. The average Bonchev–Trinajstić information content (AvgIpc) is 3.53.